The molecule has 0 heterocycles. The van der Waals surface area contributed by atoms with E-state index < -0.39 is 0 Å². The van der Waals surface area contributed by atoms with Crippen molar-refractivity contribution >= 4 is 0 Å². The molecule has 0 fully saturated rings. The first-order valence-corrected chi connectivity index (χ1v) is 5.86. The molecule has 0 aromatic heterocycles. The van der Waals surface area contributed by atoms with Crippen LogP contribution >= 0.6 is 0 Å². The first kappa shape index (κ1) is 14.8. The Morgan fingerprint density at radius 3 is 2.27 bits per heavy atom. The minimum absolute atomic E-state index is 0.267. The Bertz CT molecular complexity index is 138. The summed E-state index contributed by atoms with van der Waals surface area (Å²) in [4.78, 5) is 4.36. The van der Waals surface area contributed by atoms with Crippen LogP contribution in [-0.2, 0) is 0 Å². The third-order valence-corrected chi connectivity index (χ3v) is 2.46. The third kappa shape index (κ3) is 8.81. The molecule has 0 spiro atoms. The van der Waals surface area contributed by atoms with E-state index in [0.717, 1.165) is 32.7 Å². The van der Waals surface area contributed by atoms with E-state index in [2.05, 4.69) is 24.1 Å². The molecule has 15 heavy (non-hydrogen) atoms. The lowest BCUT2D eigenvalue weighted by Gasteiger charge is -2.20. The zero-order valence-corrected chi connectivity index (χ0v) is 10.7. The number of aliphatic hydroxyl groups excluding tert-OH is 1. The Hall–Kier alpha value is -0.160. The van der Waals surface area contributed by atoms with Crippen LogP contribution in [0.5, 0.6) is 0 Å². The Morgan fingerprint density at radius 2 is 1.80 bits per heavy atom. The normalized spacial score (nSPS) is 13.8. The number of hydrogen-bond acceptors (Lipinski definition) is 4. The van der Waals surface area contributed by atoms with Crippen LogP contribution in [0.2, 0.25) is 0 Å². The van der Waals surface area contributed by atoms with Crippen molar-refractivity contribution in [1.82, 2.24) is 15.1 Å². The van der Waals surface area contributed by atoms with E-state index in [9.17, 15) is 5.11 Å². The summed E-state index contributed by atoms with van der Waals surface area (Å²) >= 11 is 0. The molecular weight excluding hydrogens is 190 g/mol. The average Bonchev–Trinajstić information content (AvgIpc) is 2.17. The van der Waals surface area contributed by atoms with E-state index in [0.29, 0.717) is 6.54 Å². The van der Waals surface area contributed by atoms with Crippen molar-refractivity contribution in [3.8, 4) is 0 Å². The van der Waals surface area contributed by atoms with Gasteiger partial charge in [0, 0.05) is 26.2 Å². The van der Waals surface area contributed by atoms with Crippen LogP contribution in [0.4, 0.5) is 0 Å². The SMILES string of the molecule is CCN(CC)CCNCC(O)CN(C)C. The zero-order valence-electron chi connectivity index (χ0n) is 10.7. The van der Waals surface area contributed by atoms with Crippen molar-refractivity contribution in [2.45, 2.75) is 20.0 Å². The highest BCUT2D eigenvalue weighted by Crippen LogP contribution is 1.86. The smallest absolute Gasteiger partial charge is 0.0791 e. The first-order chi connectivity index (χ1) is 7.10. The highest BCUT2D eigenvalue weighted by molar-refractivity contribution is 4.63. The average molecular weight is 217 g/mol. The first-order valence-electron chi connectivity index (χ1n) is 5.86. The Kier molecular flexibility index (Phi) is 9.00. The van der Waals surface area contributed by atoms with Crippen molar-refractivity contribution in [2.24, 2.45) is 0 Å². The van der Waals surface area contributed by atoms with Crippen LogP contribution in [0.15, 0.2) is 0 Å². The van der Waals surface area contributed by atoms with Gasteiger partial charge < -0.3 is 20.2 Å². The van der Waals surface area contributed by atoms with Crippen LogP contribution in [0.1, 0.15) is 13.8 Å². The molecule has 0 aliphatic carbocycles. The minimum atomic E-state index is -0.267. The van der Waals surface area contributed by atoms with Gasteiger partial charge in [-0.1, -0.05) is 13.8 Å². The van der Waals surface area contributed by atoms with Crippen molar-refractivity contribution in [2.75, 3.05) is 53.4 Å². The maximum atomic E-state index is 9.58. The minimum Gasteiger partial charge on any atom is -0.390 e. The molecule has 0 aliphatic heterocycles. The number of rotatable bonds is 9. The van der Waals surface area contributed by atoms with Gasteiger partial charge in [0.05, 0.1) is 6.10 Å². The quantitative estimate of drug-likeness (QED) is 0.527. The topological polar surface area (TPSA) is 38.7 Å². The second-order valence-corrected chi connectivity index (χ2v) is 4.15. The molecule has 0 saturated carbocycles. The van der Waals surface area contributed by atoms with Gasteiger partial charge in [-0.15, -0.1) is 0 Å². The van der Waals surface area contributed by atoms with Crippen molar-refractivity contribution < 1.29 is 5.11 Å². The molecule has 1 unspecified atom stereocenters. The molecule has 0 rings (SSSR count). The largest absolute Gasteiger partial charge is 0.390 e. The third-order valence-electron chi connectivity index (χ3n) is 2.46. The van der Waals surface area contributed by atoms with Gasteiger partial charge in [-0.25, -0.2) is 0 Å². The van der Waals surface area contributed by atoms with Gasteiger partial charge in [0.25, 0.3) is 0 Å². The van der Waals surface area contributed by atoms with E-state index in [1.807, 2.05) is 19.0 Å². The van der Waals surface area contributed by atoms with Gasteiger partial charge in [0.2, 0.25) is 0 Å². The number of aliphatic hydroxyl groups is 1. The van der Waals surface area contributed by atoms with E-state index in [-0.39, 0.29) is 6.10 Å². The van der Waals surface area contributed by atoms with Crippen LogP contribution in [0.25, 0.3) is 0 Å². The van der Waals surface area contributed by atoms with E-state index >= 15 is 0 Å². The maximum absolute atomic E-state index is 9.58. The van der Waals surface area contributed by atoms with E-state index in [4.69, 9.17) is 0 Å². The van der Waals surface area contributed by atoms with E-state index in [1.165, 1.54) is 0 Å². The molecule has 4 nitrogen and oxygen atoms in total. The lowest BCUT2D eigenvalue weighted by Crippen LogP contribution is -2.38. The Labute approximate surface area is 94.3 Å². The fourth-order valence-electron chi connectivity index (χ4n) is 1.53. The molecule has 4 heteroatoms. The van der Waals surface area contributed by atoms with Crippen molar-refractivity contribution in [3.05, 3.63) is 0 Å². The molecule has 0 aromatic carbocycles. The summed E-state index contributed by atoms with van der Waals surface area (Å²) in [5.41, 5.74) is 0. The Balaban J connectivity index is 3.37. The second-order valence-electron chi connectivity index (χ2n) is 4.15. The standard InChI is InChI=1S/C11H27N3O/c1-5-14(6-2)8-7-12-9-11(15)10-13(3)4/h11-12,15H,5-10H2,1-4H3. The Morgan fingerprint density at radius 1 is 1.20 bits per heavy atom. The molecule has 0 saturated heterocycles. The fraction of sp³-hybridized carbons (Fsp3) is 1.00. The fourth-order valence-corrected chi connectivity index (χ4v) is 1.53. The molecule has 92 valence electrons. The van der Waals surface area contributed by atoms with Crippen molar-refractivity contribution in [1.29, 1.82) is 0 Å². The summed E-state index contributed by atoms with van der Waals surface area (Å²) in [6.45, 7) is 9.94. The van der Waals surface area contributed by atoms with Crippen LogP contribution in [0, 0.1) is 0 Å². The summed E-state index contributed by atoms with van der Waals surface area (Å²) in [5.74, 6) is 0. The molecule has 0 aromatic rings. The molecule has 0 radical (unpaired) electrons. The summed E-state index contributed by atoms with van der Waals surface area (Å²) in [7, 11) is 3.94. The molecule has 2 N–H and O–H groups in total. The van der Waals surface area contributed by atoms with Gasteiger partial charge in [-0.05, 0) is 27.2 Å². The number of hydrogen-bond donors (Lipinski definition) is 2. The van der Waals surface area contributed by atoms with Crippen LogP contribution < -0.4 is 5.32 Å². The van der Waals surface area contributed by atoms with Gasteiger partial charge >= 0.3 is 0 Å². The summed E-state index contributed by atoms with van der Waals surface area (Å²) in [5, 5.41) is 12.9. The lowest BCUT2D eigenvalue weighted by atomic mass is 10.3. The molecule has 0 bridgehead atoms. The van der Waals surface area contributed by atoms with E-state index in [1.54, 1.807) is 0 Å². The lowest BCUT2D eigenvalue weighted by molar-refractivity contribution is 0.134. The highest BCUT2D eigenvalue weighted by Gasteiger charge is 2.04. The molecule has 0 aliphatic rings. The molecule has 0 amide bonds. The summed E-state index contributed by atoms with van der Waals surface area (Å²) in [6.07, 6.45) is -0.267. The number of likely N-dealkylation sites (N-methyl/N-ethyl adjacent to an activating group) is 2. The van der Waals surface area contributed by atoms with Crippen LogP contribution in [0.3, 0.4) is 0 Å². The highest BCUT2D eigenvalue weighted by atomic mass is 16.3. The molecule has 1 atom stereocenters. The molecular formula is C11H27N3O. The second kappa shape index (κ2) is 9.09. The zero-order chi connectivity index (χ0) is 11.7. The predicted octanol–water partition coefficient (Wildman–Crippen LogP) is -0.160. The predicted molar refractivity (Wildman–Crippen MR) is 65.2 cm³/mol. The number of nitrogens with one attached hydrogen (secondary N) is 1. The maximum Gasteiger partial charge on any atom is 0.0791 e. The summed E-state index contributed by atoms with van der Waals surface area (Å²) in [6, 6.07) is 0. The monoisotopic (exact) mass is 217 g/mol. The van der Waals surface area contributed by atoms with Gasteiger partial charge in [-0.3, -0.25) is 0 Å². The van der Waals surface area contributed by atoms with Crippen LogP contribution in [-0.4, -0.2) is 74.4 Å². The van der Waals surface area contributed by atoms with Gasteiger partial charge in [0.1, 0.15) is 0 Å². The van der Waals surface area contributed by atoms with Gasteiger partial charge in [-0.2, -0.15) is 0 Å². The summed E-state index contributed by atoms with van der Waals surface area (Å²) < 4.78 is 0. The van der Waals surface area contributed by atoms with Gasteiger partial charge in [0.15, 0.2) is 0 Å². The number of nitrogens with zero attached hydrogens (tertiary/aromatic N) is 2. The van der Waals surface area contributed by atoms with Crippen molar-refractivity contribution in [3.63, 3.8) is 0 Å².